The second kappa shape index (κ2) is 7.18. The number of hydrogen-bond donors (Lipinski definition) is 0. The van der Waals surface area contributed by atoms with E-state index in [-0.39, 0.29) is 0 Å². The zero-order valence-electron chi connectivity index (χ0n) is 9.29. The molecule has 0 aliphatic heterocycles. The molecule has 80 valence electrons. The lowest BCUT2D eigenvalue weighted by atomic mass is 10.4. The molecule has 0 atom stereocenters. The van der Waals surface area contributed by atoms with Crippen molar-refractivity contribution in [2.75, 3.05) is 0 Å². The Morgan fingerprint density at radius 1 is 1.00 bits per heavy atom. The van der Waals surface area contributed by atoms with E-state index in [9.17, 15) is 4.79 Å². The normalized spacial score (nSPS) is 12.6. The average Bonchev–Trinajstić information content (AvgIpc) is 2.03. The fourth-order valence-electron chi connectivity index (χ4n) is 0.942. The first-order valence-electron chi connectivity index (χ1n) is 4.83. The predicted molar refractivity (Wildman–Crippen MR) is 55.7 cm³/mol. The van der Waals surface area contributed by atoms with E-state index in [0.717, 1.165) is 12.8 Å². The Labute approximate surface area is 85.4 Å². The van der Waals surface area contributed by atoms with Gasteiger partial charge in [-0.25, -0.2) is 4.79 Å². The van der Waals surface area contributed by atoms with Crippen LogP contribution in [0.1, 0.15) is 40.5 Å². The van der Waals surface area contributed by atoms with Crippen LogP contribution < -0.4 is 0 Å². The Kier molecular flexibility index (Phi) is 6.54. The maximum absolute atomic E-state index is 11.1. The Morgan fingerprint density at radius 2 is 1.36 bits per heavy atom. The van der Waals surface area contributed by atoms with Crippen molar-refractivity contribution in [1.82, 2.24) is 0 Å². The smallest absolute Gasteiger partial charge is 0.400 e. The average molecular weight is 198 g/mol. The number of ether oxygens (including phenoxy) is 2. The highest BCUT2D eigenvalue weighted by Gasteiger charge is 2.05. The summed E-state index contributed by atoms with van der Waals surface area (Å²) in [5.74, 6) is 1.14. The summed E-state index contributed by atoms with van der Waals surface area (Å²) in [5.41, 5.74) is 0. The summed E-state index contributed by atoms with van der Waals surface area (Å²) in [4.78, 5) is 11.1. The van der Waals surface area contributed by atoms with Crippen LogP contribution in [0.4, 0.5) is 4.79 Å². The lowest BCUT2D eigenvalue weighted by Crippen LogP contribution is -2.04. The predicted octanol–water partition coefficient (Wildman–Crippen LogP) is 3.77. The molecule has 0 bridgehead atoms. The third-order valence-electron chi connectivity index (χ3n) is 1.47. The van der Waals surface area contributed by atoms with Gasteiger partial charge in [-0.05, 0) is 38.8 Å². The first-order chi connectivity index (χ1) is 6.60. The largest absolute Gasteiger partial charge is 0.518 e. The Hall–Kier alpha value is -1.25. The van der Waals surface area contributed by atoms with Gasteiger partial charge in [0.15, 0.2) is 0 Å². The lowest BCUT2D eigenvalue weighted by Gasteiger charge is -2.05. The zero-order valence-corrected chi connectivity index (χ0v) is 9.29. The van der Waals surface area contributed by atoms with Crippen molar-refractivity contribution in [3.63, 3.8) is 0 Å². The molecule has 0 aromatic rings. The number of rotatable bonds is 4. The molecule has 3 nitrogen and oxygen atoms in total. The lowest BCUT2D eigenvalue weighted by molar-refractivity contribution is 0.102. The third-order valence-corrected chi connectivity index (χ3v) is 1.47. The molecule has 0 aliphatic rings. The molecule has 3 heteroatoms. The minimum Gasteiger partial charge on any atom is -0.400 e. The van der Waals surface area contributed by atoms with E-state index in [4.69, 9.17) is 9.47 Å². The van der Waals surface area contributed by atoms with Gasteiger partial charge in [-0.3, -0.25) is 0 Å². The minimum atomic E-state index is -0.672. The van der Waals surface area contributed by atoms with Gasteiger partial charge >= 0.3 is 6.16 Å². The van der Waals surface area contributed by atoms with Crippen LogP contribution in [0, 0.1) is 0 Å². The molecule has 0 heterocycles. The molecule has 14 heavy (non-hydrogen) atoms. The second-order valence-electron chi connectivity index (χ2n) is 2.90. The standard InChI is InChI=1S/C11H18O3/c1-5-7-9(3)13-11(12)14-10(4)8-6-2/h7-8H,5-6H2,1-4H3. The fourth-order valence-corrected chi connectivity index (χ4v) is 0.942. The van der Waals surface area contributed by atoms with Gasteiger partial charge in [0.25, 0.3) is 0 Å². The highest BCUT2D eigenvalue weighted by molar-refractivity contribution is 5.62. The number of hydrogen-bond acceptors (Lipinski definition) is 3. The SMILES string of the molecule is CCC=C(C)OC(=O)OC(C)=CCC. The molecule has 0 aromatic heterocycles. The summed E-state index contributed by atoms with van der Waals surface area (Å²) in [5, 5.41) is 0. The maximum atomic E-state index is 11.1. The number of allylic oxidation sites excluding steroid dienone is 4. The first-order valence-corrected chi connectivity index (χ1v) is 4.83. The molecule has 0 unspecified atom stereocenters. The van der Waals surface area contributed by atoms with Crippen LogP contribution in [-0.2, 0) is 9.47 Å². The fraction of sp³-hybridized carbons (Fsp3) is 0.545. The first kappa shape index (κ1) is 12.8. The molecule has 0 aromatic carbocycles. The van der Waals surface area contributed by atoms with Crippen LogP contribution in [0.3, 0.4) is 0 Å². The van der Waals surface area contributed by atoms with Crippen molar-refractivity contribution in [2.45, 2.75) is 40.5 Å². The summed E-state index contributed by atoms with van der Waals surface area (Å²) in [6.07, 6.45) is 4.64. The van der Waals surface area contributed by atoms with Gasteiger partial charge in [0, 0.05) is 0 Å². The van der Waals surface area contributed by atoms with Gasteiger partial charge in [-0.2, -0.15) is 0 Å². The van der Waals surface area contributed by atoms with Crippen LogP contribution in [-0.4, -0.2) is 6.16 Å². The Bertz CT molecular complexity index is 215. The summed E-state index contributed by atoms with van der Waals surface area (Å²) < 4.78 is 9.73. The number of carbonyl (C=O) groups excluding carboxylic acids is 1. The molecular formula is C11H18O3. The Morgan fingerprint density at radius 3 is 1.64 bits per heavy atom. The maximum Gasteiger partial charge on any atom is 0.518 e. The van der Waals surface area contributed by atoms with E-state index >= 15 is 0 Å². The quantitative estimate of drug-likeness (QED) is 0.509. The highest BCUT2D eigenvalue weighted by Crippen LogP contribution is 2.04. The van der Waals surface area contributed by atoms with Crippen molar-refractivity contribution < 1.29 is 14.3 Å². The second-order valence-corrected chi connectivity index (χ2v) is 2.90. The van der Waals surface area contributed by atoms with E-state index in [1.54, 1.807) is 13.8 Å². The summed E-state index contributed by atoms with van der Waals surface area (Å²) in [6, 6.07) is 0. The highest BCUT2D eigenvalue weighted by atomic mass is 16.7. The van der Waals surface area contributed by atoms with E-state index in [1.807, 2.05) is 26.0 Å². The molecule has 0 saturated carbocycles. The molecular weight excluding hydrogens is 180 g/mol. The van der Waals surface area contributed by atoms with E-state index in [0.29, 0.717) is 11.5 Å². The van der Waals surface area contributed by atoms with Gasteiger partial charge in [0.1, 0.15) is 11.5 Å². The Balaban J connectivity index is 3.99. The summed E-state index contributed by atoms with van der Waals surface area (Å²) in [6.45, 7) is 7.40. The van der Waals surface area contributed by atoms with Crippen LogP contribution in [0.5, 0.6) is 0 Å². The summed E-state index contributed by atoms with van der Waals surface area (Å²) in [7, 11) is 0. The van der Waals surface area contributed by atoms with Crippen LogP contribution in [0.15, 0.2) is 23.7 Å². The van der Waals surface area contributed by atoms with Gasteiger partial charge in [0.2, 0.25) is 0 Å². The molecule has 0 aliphatic carbocycles. The molecule has 0 rings (SSSR count). The van der Waals surface area contributed by atoms with Crippen molar-refractivity contribution in [3.05, 3.63) is 23.7 Å². The number of carbonyl (C=O) groups is 1. The van der Waals surface area contributed by atoms with Crippen molar-refractivity contribution in [2.24, 2.45) is 0 Å². The van der Waals surface area contributed by atoms with Gasteiger partial charge < -0.3 is 9.47 Å². The minimum absolute atomic E-state index is 0.571. The molecule has 0 amide bonds. The van der Waals surface area contributed by atoms with Gasteiger partial charge in [-0.1, -0.05) is 13.8 Å². The molecule has 0 fully saturated rings. The molecule has 0 saturated heterocycles. The molecule has 0 radical (unpaired) electrons. The van der Waals surface area contributed by atoms with Crippen LogP contribution in [0.2, 0.25) is 0 Å². The monoisotopic (exact) mass is 198 g/mol. The zero-order chi connectivity index (χ0) is 11.0. The van der Waals surface area contributed by atoms with Gasteiger partial charge in [0.05, 0.1) is 0 Å². The summed E-state index contributed by atoms with van der Waals surface area (Å²) >= 11 is 0. The molecule has 0 spiro atoms. The van der Waals surface area contributed by atoms with E-state index < -0.39 is 6.16 Å². The topological polar surface area (TPSA) is 35.5 Å². The van der Waals surface area contributed by atoms with Crippen LogP contribution in [0.25, 0.3) is 0 Å². The van der Waals surface area contributed by atoms with Crippen molar-refractivity contribution in [1.29, 1.82) is 0 Å². The van der Waals surface area contributed by atoms with Crippen LogP contribution >= 0.6 is 0 Å². The van der Waals surface area contributed by atoms with Crippen molar-refractivity contribution >= 4 is 6.16 Å². The third kappa shape index (κ3) is 6.29. The van der Waals surface area contributed by atoms with Crippen molar-refractivity contribution in [3.8, 4) is 0 Å². The van der Waals surface area contributed by atoms with Gasteiger partial charge in [-0.15, -0.1) is 0 Å². The van der Waals surface area contributed by atoms with E-state index in [2.05, 4.69) is 0 Å². The molecule has 0 N–H and O–H groups in total. The van der Waals surface area contributed by atoms with E-state index in [1.165, 1.54) is 0 Å².